The lowest BCUT2D eigenvalue weighted by Crippen LogP contribution is -2.03. The molecule has 0 aliphatic rings. The number of halogens is 1. The second kappa shape index (κ2) is 5.00. The van der Waals surface area contributed by atoms with Gasteiger partial charge in [-0.3, -0.25) is 4.79 Å². The summed E-state index contributed by atoms with van der Waals surface area (Å²) in [4.78, 5) is 10.9. The number of benzene rings is 1. The van der Waals surface area contributed by atoms with E-state index in [-0.39, 0.29) is 12.0 Å². The van der Waals surface area contributed by atoms with Gasteiger partial charge in [-0.05, 0) is 11.8 Å². The molecule has 0 atom stereocenters. The Hall–Kier alpha value is -1.03. The van der Waals surface area contributed by atoms with Crippen LogP contribution in [0.2, 0.25) is 0 Å². The van der Waals surface area contributed by atoms with Crippen LogP contribution in [0.1, 0.15) is 12.5 Å². The van der Waals surface area contributed by atoms with Gasteiger partial charge in [-0.15, -0.1) is 11.8 Å². The summed E-state index contributed by atoms with van der Waals surface area (Å²) in [7, 11) is 0. The van der Waals surface area contributed by atoms with E-state index in [1.807, 2.05) is 6.92 Å². The van der Waals surface area contributed by atoms with E-state index < -0.39 is 11.8 Å². The molecule has 0 radical (unpaired) electrons. The van der Waals surface area contributed by atoms with E-state index >= 15 is 0 Å². The van der Waals surface area contributed by atoms with Crippen molar-refractivity contribution >= 4 is 17.7 Å². The number of hydrogen-bond acceptors (Lipinski definition) is 2. The van der Waals surface area contributed by atoms with Crippen LogP contribution < -0.4 is 0 Å². The van der Waals surface area contributed by atoms with E-state index in [1.54, 1.807) is 12.1 Å². The zero-order valence-corrected chi connectivity index (χ0v) is 8.60. The number of hydrogen-bond donors (Lipinski definition) is 1. The van der Waals surface area contributed by atoms with Gasteiger partial charge in [0.2, 0.25) is 0 Å². The van der Waals surface area contributed by atoms with E-state index in [0.29, 0.717) is 4.90 Å². The van der Waals surface area contributed by atoms with Crippen LogP contribution in [0.4, 0.5) is 4.39 Å². The maximum absolute atomic E-state index is 13.5. The molecule has 0 heterocycles. The molecule has 1 aromatic rings. The quantitative estimate of drug-likeness (QED) is 0.783. The Kier molecular flexibility index (Phi) is 3.95. The molecule has 0 amide bonds. The van der Waals surface area contributed by atoms with Gasteiger partial charge in [-0.2, -0.15) is 0 Å². The summed E-state index contributed by atoms with van der Waals surface area (Å²) in [5, 5.41) is 8.54. The maximum Gasteiger partial charge on any atom is 0.307 e. The highest BCUT2D eigenvalue weighted by molar-refractivity contribution is 7.99. The Labute approximate surface area is 86.1 Å². The molecule has 0 saturated carbocycles. The topological polar surface area (TPSA) is 37.3 Å². The van der Waals surface area contributed by atoms with Crippen molar-refractivity contribution in [2.45, 2.75) is 18.2 Å². The van der Waals surface area contributed by atoms with Gasteiger partial charge >= 0.3 is 5.97 Å². The highest BCUT2D eigenvalue weighted by Crippen LogP contribution is 2.23. The predicted octanol–water partition coefficient (Wildman–Crippen LogP) is 2.56. The van der Waals surface area contributed by atoms with Crippen molar-refractivity contribution < 1.29 is 14.3 Å². The number of carboxylic acid groups (broad SMARTS) is 1. The lowest BCUT2D eigenvalue weighted by molar-refractivity contribution is -0.136. The fourth-order valence-electron chi connectivity index (χ4n) is 1.12. The minimum absolute atomic E-state index is 0.246. The zero-order valence-electron chi connectivity index (χ0n) is 7.79. The Morgan fingerprint density at radius 2 is 2.29 bits per heavy atom. The van der Waals surface area contributed by atoms with Gasteiger partial charge in [0.15, 0.2) is 0 Å². The number of carboxylic acids is 1. The summed E-state index contributed by atoms with van der Waals surface area (Å²) in [5.74, 6) is -0.641. The largest absolute Gasteiger partial charge is 0.481 e. The Morgan fingerprint density at radius 1 is 1.57 bits per heavy atom. The zero-order chi connectivity index (χ0) is 10.6. The lowest BCUT2D eigenvalue weighted by Gasteiger charge is -2.04. The van der Waals surface area contributed by atoms with Crippen molar-refractivity contribution in [3.8, 4) is 0 Å². The first-order valence-electron chi connectivity index (χ1n) is 4.27. The maximum atomic E-state index is 13.5. The molecule has 0 aromatic heterocycles. The Morgan fingerprint density at radius 3 is 2.86 bits per heavy atom. The monoisotopic (exact) mass is 214 g/mol. The van der Waals surface area contributed by atoms with Gasteiger partial charge in [-0.1, -0.05) is 19.1 Å². The number of thioether (sulfide) groups is 1. The summed E-state index contributed by atoms with van der Waals surface area (Å²) in [5.41, 5.74) is 0.246. The van der Waals surface area contributed by atoms with Crippen LogP contribution in [0, 0.1) is 5.82 Å². The van der Waals surface area contributed by atoms with E-state index in [0.717, 1.165) is 5.75 Å². The third-order valence-corrected chi connectivity index (χ3v) is 2.60. The van der Waals surface area contributed by atoms with Crippen molar-refractivity contribution in [3.05, 3.63) is 29.6 Å². The smallest absolute Gasteiger partial charge is 0.307 e. The van der Waals surface area contributed by atoms with Gasteiger partial charge in [0, 0.05) is 10.5 Å². The second-order valence-corrected chi connectivity index (χ2v) is 4.04. The molecule has 2 nitrogen and oxygen atoms in total. The van der Waals surface area contributed by atoms with Gasteiger partial charge in [0.05, 0.1) is 6.42 Å². The molecule has 0 bridgehead atoms. The van der Waals surface area contributed by atoms with Crippen LogP contribution in [0.5, 0.6) is 0 Å². The minimum atomic E-state index is -1.01. The molecule has 0 spiro atoms. The Balaban J connectivity index is 2.94. The van der Waals surface area contributed by atoms with Crippen LogP contribution in [0.25, 0.3) is 0 Å². The normalized spacial score (nSPS) is 10.1. The molecule has 0 aliphatic carbocycles. The number of carbonyl (C=O) groups is 1. The van der Waals surface area contributed by atoms with Gasteiger partial charge in [-0.25, -0.2) is 4.39 Å². The first-order chi connectivity index (χ1) is 6.65. The van der Waals surface area contributed by atoms with E-state index in [4.69, 9.17) is 5.11 Å². The van der Waals surface area contributed by atoms with Crippen LogP contribution in [-0.4, -0.2) is 16.8 Å². The molecular weight excluding hydrogens is 203 g/mol. The predicted molar refractivity (Wildman–Crippen MR) is 54.1 cm³/mol. The summed E-state index contributed by atoms with van der Waals surface area (Å²) in [6.45, 7) is 1.92. The summed E-state index contributed by atoms with van der Waals surface area (Å²) >= 11 is 1.38. The van der Waals surface area contributed by atoms with Gasteiger partial charge in [0.1, 0.15) is 5.82 Å². The SMILES string of the molecule is CCSc1cccc(CC(=O)O)c1F. The van der Waals surface area contributed by atoms with Crippen LogP contribution >= 0.6 is 11.8 Å². The molecule has 1 N–H and O–H groups in total. The minimum Gasteiger partial charge on any atom is -0.481 e. The standard InChI is InChI=1S/C10H11FO2S/c1-2-14-8-5-3-4-7(10(8)11)6-9(12)13/h3-5H,2,6H2,1H3,(H,12,13). The lowest BCUT2D eigenvalue weighted by atomic mass is 10.1. The van der Waals surface area contributed by atoms with Gasteiger partial charge < -0.3 is 5.11 Å². The molecule has 0 fully saturated rings. The average Bonchev–Trinajstić information content (AvgIpc) is 2.11. The summed E-state index contributed by atoms with van der Waals surface area (Å²) < 4.78 is 13.5. The first-order valence-corrected chi connectivity index (χ1v) is 5.25. The van der Waals surface area contributed by atoms with Crippen LogP contribution in [-0.2, 0) is 11.2 Å². The molecule has 4 heteroatoms. The van der Waals surface area contributed by atoms with Crippen molar-refractivity contribution in [2.75, 3.05) is 5.75 Å². The first kappa shape index (κ1) is 11.0. The molecule has 76 valence electrons. The highest BCUT2D eigenvalue weighted by atomic mass is 32.2. The molecule has 1 rings (SSSR count). The molecule has 1 aromatic carbocycles. The molecule has 0 aliphatic heterocycles. The average molecular weight is 214 g/mol. The van der Waals surface area contributed by atoms with Crippen molar-refractivity contribution in [1.82, 2.24) is 0 Å². The van der Waals surface area contributed by atoms with Crippen LogP contribution in [0.15, 0.2) is 23.1 Å². The Bertz CT molecular complexity index is 339. The van der Waals surface area contributed by atoms with Crippen LogP contribution in [0.3, 0.4) is 0 Å². The third kappa shape index (κ3) is 2.73. The molecule has 0 unspecified atom stereocenters. The van der Waals surface area contributed by atoms with E-state index in [2.05, 4.69) is 0 Å². The third-order valence-electron chi connectivity index (χ3n) is 1.68. The van der Waals surface area contributed by atoms with E-state index in [1.165, 1.54) is 17.8 Å². The highest BCUT2D eigenvalue weighted by Gasteiger charge is 2.10. The van der Waals surface area contributed by atoms with Crippen molar-refractivity contribution in [3.63, 3.8) is 0 Å². The summed E-state index contributed by atoms with van der Waals surface area (Å²) in [6, 6.07) is 4.84. The van der Waals surface area contributed by atoms with Gasteiger partial charge in [0.25, 0.3) is 0 Å². The molecule has 0 saturated heterocycles. The fraction of sp³-hybridized carbons (Fsp3) is 0.300. The fourth-order valence-corrected chi connectivity index (χ4v) is 1.87. The van der Waals surface area contributed by atoms with E-state index in [9.17, 15) is 9.18 Å². The number of aliphatic carboxylic acids is 1. The summed E-state index contributed by atoms with van der Waals surface area (Å²) in [6.07, 6.45) is -0.260. The molecular formula is C10H11FO2S. The second-order valence-electron chi connectivity index (χ2n) is 2.73. The molecule has 14 heavy (non-hydrogen) atoms. The van der Waals surface area contributed by atoms with Crippen molar-refractivity contribution in [2.24, 2.45) is 0 Å². The number of rotatable bonds is 4. The van der Waals surface area contributed by atoms with Crippen molar-refractivity contribution in [1.29, 1.82) is 0 Å².